The number of rotatable bonds is 8. The molecule has 0 spiro atoms. The molecule has 0 aliphatic carbocycles. The van der Waals surface area contributed by atoms with Crippen molar-refractivity contribution in [2.75, 3.05) is 22.6 Å². The number of anilines is 3. The number of esters is 1. The normalized spacial score (nSPS) is 10.3. The van der Waals surface area contributed by atoms with Crippen LogP contribution in [0.3, 0.4) is 0 Å². The van der Waals surface area contributed by atoms with Gasteiger partial charge in [0.2, 0.25) is 5.91 Å². The number of para-hydroxylation sites is 1. The fourth-order valence-electron chi connectivity index (χ4n) is 2.36. The highest BCUT2D eigenvalue weighted by atomic mass is 32.1. The molecule has 0 saturated carbocycles. The molecule has 3 amide bonds. The van der Waals surface area contributed by atoms with Crippen LogP contribution < -0.4 is 16.0 Å². The second kappa shape index (κ2) is 10.5. The molecule has 0 unspecified atom stereocenters. The monoisotopic (exact) mass is 445 g/mol. The molecule has 30 heavy (non-hydrogen) atoms. The molecule has 9 nitrogen and oxygen atoms in total. The molecule has 3 aromatic rings. The fourth-order valence-corrected chi connectivity index (χ4v) is 3.79. The summed E-state index contributed by atoms with van der Waals surface area (Å²) in [5, 5.41) is 12.2. The first kappa shape index (κ1) is 21.4. The molecule has 0 atom stereocenters. The van der Waals surface area contributed by atoms with Crippen LogP contribution in [0.2, 0.25) is 0 Å². The SMILES string of the molecule is CCOC(=O)Cc1csc(NC(=O)Cc2csc(NC(=O)Nc3ccccc3)n2)n1. The Kier molecular flexibility index (Phi) is 7.46. The zero-order valence-corrected chi connectivity index (χ0v) is 17.6. The number of ether oxygens (including phenoxy) is 1. The molecule has 0 saturated heterocycles. The first-order chi connectivity index (χ1) is 14.5. The number of aromatic nitrogens is 2. The number of urea groups is 1. The van der Waals surface area contributed by atoms with E-state index in [0.29, 0.717) is 33.9 Å². The van der Waals surface area contributed by atoms with Gasteiger partial charge < -0.3 is 15.4 Å². The van der Waals surface area contributed by atoms with Crippen LogP contribution >= 0.6 is 22.7 Å². The van der Waals surface area contributed by atoms with Crippen LogP contribution in [-0.2, 0) is 27.2 Å². The molecule has 0 aliphatic heterocycles. The fraction of sp³-hybridized carbons (Fsp3) is 0.211. The van der Waals surface area contributed by atoms with Crippen LogP contribution in [0, 0.1) is 0 Å². The Morgan fingerprint density at radius 1 is 0.900 bits per heavy atom. The maximum atomic E-state index is 12.2. The van der Waals surface area contributed by atoms with E-state index in [9.17, 15) is 14.4 Å². The van der Waals surface area contributed by atoms with Crippen molar-refractivity contribution in [1.82, 2.24) is 9.97 Å². The minimum absolute atomic E-state index is 0.0330. The summed E-state index contributed by atoms with van der Waals surface area (Å²) in [6.45, 7) is 2.05. The van der Waals surface area contributed by atoms with E-state index in [1.165, 1.54) is 22.7 Å². The lowest BCUT2D eigenvalue weighted by atomic mass is 10.3. The molecule has 156 valence electrons. The third-order valence-electron chi connectivity index (χ3n) is 3.57. The van der Waals surface area contributed by atoms with Gasteiger partial charge in [0, 0.05) is 16.4 Å². The van der Waals surface area contributed by atoms with Gasteiger partial charge in [0.15, 0.2) is 10.3 Å². The van der Waals surface area contributed by atoms with E-state index in [0.717, 1.165) is 0 Å². The number of nitrogens with one attached hydrogen (secondary N) is 3. The highest BCUT2D eigenvalue weighted by Gasteiger charge is 2.13. The van der Waals surface area contributed by atoms with Gasteiger partial charge in [0.25, 0.3) is 0 Å². The van der Waals surface area contributed by atoms with Gasteiger partial charge in [-0.15, -0.1) is 22.7 Å². The molecule has 1 aromatic carbocycles. The van der Waals surface area contributed by atoms with E-state index in [-0.39, 0.29) is 24.7 Å². The van der Waals surface area contributed by atoms with E-state index < -0.39 is 6.03 Å². The van der Waals surface area contributed by atoms with Gasteiger partial charge in [-0.2, -0.15) is 0 Å². The summed E-state index contributed by atoms with van der Waals surface area (Å²) in [6.07, 6.45) is 0.0949. The van der Waals surface area contributed by atoms with Crippen LogP contribution in [0.4, 0.5) is 20.7 Å². The van der Waals surface area contributed by atoms with Crippen molar-refractivity contribution < 1.29 is 19.1 Å². The van der Waals surface area contributed by atoms with E-state index >= 15 is 0 Å². The highest BCUT2D eigenvalue weighted by Crippen LogP contribution is 2.19. The third kappa shape index (κ3) is 6.64. The quantitative estimate of drug-likeness (QED) is 0.456. The summed E-state index contributed by atoms with van der Waals surface area (Å²) in [5.41, 5.74) is 1.73. The van der Waals surface area contributed by atoms with E-state index in [2.05, 4.69) is 25.9 Å². The van der Waals surface area contributed by atoms with Gasteiger partial charge in [-0.05, 0) is 19.1 Å². The Labute approximate surface area is 180 Å². The predicted octanol–water partition coefficient (Wildman–Crippen LogP) is 3.53. The second-order valence-corrected chi connectivity index (χ2v) is 7.66. The minimum atomic E-state index is -0.413. The predicted molar refractivity (Wildman–Crippen MR) is 116 cm³/mol. The van der Waals surface area contributed by atoms with Crippen molar-refractivity contribution >= 4 is 56.5 Å². The molecule has 0 radical (unpaired) electrons. The van der Waals surface area contributed by atoms with E-state index in [1.54, 1.807) is 29.8 Å². The molecule has 3 N–H and O–H groups in total. The summed E-state index contributed by atoms with van der Waals surface area (Å²) in [5.74, 6) is -0.655. The van der Waals surface area contributed by atoms with Gasteiger partial charge in [-0.3, -0.25) is 14.9 Å². The minimum Gasteiger partial charge on any atom is -0.466 e. The van der Waals surface area contributed by atoms with Gasteiger partial charge >= 0.3 is 12.0 Å². The summed E-state index contributed by atoms with van der Waals surface area (Å²) in [4.78, 5) is 44.1. The second-order valence-electron chi connectivity index (χ2n) is 5.94. The lowest BCUT2D eigenvalue weighted by molar-refractivity contribution is -0.142. The van der Waals surface area contributed by atoms with Crippen LogP contribution in [-0.4, -0.2) is 34.5 Å². The number of thiazole rings is 2. The molecule has 3 rings (SSSR count). The van der Waals surface area contributed by atoms with Crippen LogP contribution in [0.25, 0.3) is 0 Å². The molecule has 0 aliphatic rings. The molecule has 11 heteroatoms. The first-order valence-corrected chi connectivity index (χ1v) is 10.7. The lowest BCUT2D eigenvalue weighted by Crippen LogP contribution is -2.19. The average molecular weight is 446 g/mol. The van der Waals surface area contributed by atoms with Crippen molar-refractivity contribution in [3.63, 3.8) is 0 Å². The van der Waals surface area contributed by atoms with Gasteiger partial charge in [0.1, 0.15) is 0 Å². The van der Waals surface area contributed by atoms with Gasteiger partial charge in [0.05, 0.1) is 30.8 Å². The maximum absolute atomic E-state index is 12.2. The number of carbonyl (C=O) groups is 3. The standard InChI is InChI=1S/C19H19N5O4S2/c1-2-28-16(26)9-14-11-29-18(22-14)23-15(25)8-13-10-30-19(21-13)24-17(27)20-12-6-4-3-5-7-12/h3-7,10-11H,2,8-9H2,1H3,(H,22,23,25)(H2,20,21,24,27). The number of carbonyl (C=O) groups excluding carboxylic acids is 3. The number of benzene rings is 1. The molecular weight excluding hydrogens is 426 g/mol. The topological polar surface area (TPSA) is 122 Å². The zero-order valence-electron chi connectivity index (χ0n) is 16.0. The summed E-state index contributed by atoms with van der Waals surface area (Å²) < 4.78 is 4.87. The molecule has 2 heterocycles. The van der Waals surface area contributed by atoms with Gasteiger partial charge in [-0.1, -0.05) is 18.2 Å². The Hall–Kier alpha value is -3.31. The molecule has 2 aromatic heterocycles. The summed E-state index contributed by atoms with van der Waals surface area (Å²) in [7, 11) is 0. The van der Waals surface area contributed by atoms with Crippen LogP contribution in [0.5, 0.6) is 0 Å². The molecular formula is C19H19N5O4S2. The number of hydrogen-bond donors (Lipinski definition) is 3. The molecule has 0 bridgehead atoms. The lowest BCUT2D eigenvalue weighted by Gasteiger charge is -2.04. The number of hydrogen-bond acceptors (Lipinski definition) is 8. The maximum Gasteiger partial charge on any atom is 0.325 e. The Morgan fingerprint density at radius 2 is 1.53 bits per heavy atom. The zero-order chi connectivity index (χ0) is 21.3. The number of nitrogens with zero attached hydrogens (tertiary/aromatic N) is 2. The van der Waals surface area contributed by atoms with Crippen molar-refractivity contribution in [3.8, 4) is 0 Å². The third-order valence-corrected chi connectivity index (χ3v) is 5.19. The Balaban J connectivity index is 1.47. The molecule has 0 fully saturated rings. The summed E-state index contributed by atoms with van der Waals surface area (Å²) in [6, 6.07) is 8.62. The van der Waals surface area contributed by atoms with E-state index in [1.807, 2.05) is 18.2 Å². The highest BCUT2D eigenvalue weighted by molar-refractivity contribution is 7.14. The number of amides is 3. The van der Waals surface area contributed by atoms with Crippen molar-refractivity contribution in [1.29, 1.82) is 0 Å². The van der Waals surface area contributed by atoms with Crippen LogP contribution in [0.1, 0.15) is 18.3 Å². The van der Waals surface area contributed by atoms with E-state index in [4.69, 9.17) is 4.74 Å². The average Bonchev–Trinajstić information content (AvgIpc) is 3.31. The van der Waals surface area contributed by atoms with Crippen molar-refractivity contribution in [3.05, 3.63) is 52.5 Å². The van der Waals surface area contributed by atoms with Gasteiger partial charge in [-0.25, -0.2) is 14.8 Å². The first-order valence-electron chi connectivity index (χ1n) is 8.99. The van der Waals surface area contributed by atoms with Crippen LogP contribution in [0.15, 0.2) is 41.1 Å². The van der Waals surface area contributed by atoms with Crippen molar-refractivity contribution in [2.24, 2.45) is 0 Å². The largest absolute Gasteiger partial charge is 0.466 e. The summed E-state index contributed by atoms with van der Waals surface area (Å²) >= 11 is 2.45. The smallest absolute Gasteiger partial charge is 0.325 e. The Bertz CT molecular complexity index is 1020. The Morgan fingerprint density at radius 3 is 2.20 bits per heavy atom. The van der Waals surface area contributed by atoms with Crippen molar-refractivity contribution in [2.45, 2.75) is 19.8 Å².